The minimum absolute atomic E-state index is 0.546. The van der Waals surface area contributed by atoms with E-state index in [4.69, 9.17) is 0 Å². The molecular formula is C16H33N3. The summed E-state index contributed by atoms with van der Waals surface area (Å²) in [5.74, 6) is 0. The van der Waals surface area contributed by atoms with Gasteiger partial charge in [0.1, 0.15) is 0 Å². The maximum Gasteiger partial charge on any atom is 0.0195 e. The molecule has 1 atom stereocenters. The maximum atomic E-state index is 3.47. The molecule has 2 fully saturated rings. The van der Waals surface area contributed by atoms with Crippen LogP contribution in [0.5, 0.6) is 0 Å². The van der Waals surface area contributed by atoms with Gasteiger partial charge < -0.3 is 10.2 Å². The van der Waals surface area contributed by atoms with Gasteiger partial charge in [0.05, 0.1) is 0 Å². The molecule has 0 aromatic rings. The summed E-state index contributed by atoms with van der Waals surface area (Å²) in [4.78, 5) is 5.27. The monoisotopic (exact) mass is 267 g/mol. The van der Waals surface area contributed by atoms with Gasteiger partial charge in [0.25, 0.3) is 0 Å². The topological polar surface area (TPSA) is 18.5 Å². The molecule has 2 aliphatic rings. The zero-order chi connectivity index (χ0) is 13.7. The number of nitrogens with zero attached hydrogens (tertiary/aromatic N) is 2. The Labute approximate surface area is 119 Å². The fraction of sp³-hybridized carbons (Fsp3) is 1.00. The lowest BCUT2D eigenvalue weighted by Gasteiger charge is -2.43. The second-order valence-electron chi connectivity index (χ2n) is 7.03. The van der Waals surface area contributed by atoms with Crippen LogP contribution >= 0.6 is 0 Å². The molecular weight excluding hydrogens is 234 g/mol. The first-order valence-electron chi connectivity index (χ1n) is 8.22. The van der Waals surface area contributed by atoms with Crippen molar-refractivity contribution >= 4 is 0 Å². The SMILES string of the molecule is CNCC1(CN2CCCN(C)CC2C)CCCCC1. The quantitative estimate of drug-likeness (QED) is 0.842. The van der Waals surface area contributed by atoms with Crippen LogP contribution in [0, 0.1) is 5.41 Å². The van der Waals surface area contributed by atoms with Crippen molar-refractivity contribution in [3.63, 3.8) is 0 Å². The van der Waals surface area contributed by atoms with Gasteiger partial charge in [-0.1, -0.05) is 19.3 Å². The molecule has 3 heteroatoms. The minimum atomic E-state index is 0.546. The van der Waals surface area contributed by atoms with E-state index in [9.17, 15) is 0 Å². The fourth-order valence-electron chi connectivity index (χ4n) is 4.16. The Bertz CT molecular complexity index is 255. The van der Waals surface area contributed by atoms with Crippen molar-refractivity contribution in [1.29, 1.82) is 0 Å². The van der Waals surface area contributed by atoms with Gasteiger partial charge in [-0.15, -0.1) is 0 Å². The Balaban J connectivity index is 1.98. The Morgan fingerprint density at radius 1 is 1.11 bits per heavy atom. The molecule has 1 heterocycles. The van der Waals surface area contributed by atoms with Crippen molar-refractivity contribution in [1.82, 2.24) is 15.1 Å². The van der Waals surface area contributed by atoms with E-state index < -0.39 is 0 Å². The van der Waals surface area contributed by atoms with E-state index in [1.54, 1.807) is 0 Å². The van der Waals surface area contributed by atoms with Crippen molar-refractivity contribution in [3.05, 3.63) is 0 Å². The predicted molar refractivity (Wildman–Crippen MR) is 82.6 cm³/mol. The lowest BCUT2D eigenvalue weighted by atomic mass is 9.73. The molecule has 1 saturated carbocycles. The van der Waals surface area contributed by atoms with Gasteiger partial charge in [-0.2, -0.15) is 0 Å². The van der Waals surface area contributed by atoms with E-state index in [0.717, 1.165) is 0 Å². The third-order valence-electron chi connectivity index (χ3n) is 5.19. The van der Waals surface area contributed by atoms with E-state index in [2.05, 4.69) is 36.1 Å². The van der Waals surface area contributed by atoms with Crippen LogP contribution in [0.3, 0.4) is 0 Å². The largest absolute Gasteiger partial charge is 0.319 e. The summed E-state index contributed by atoms with van der Waals surface area (Å²) >= 11 is 0. The van der Waals surface area contributed by atoms with Crippen LogP contribution in [-0.2, 0) is 0 Å². The summed E-state index contributed by atoms with van der Waals surface area (Å²) < 4.78 is 0. The highest BCUT2D eigenvalue weighted by atomic mass is 15.2. The number of nitrogens with one attached hydrogen (secondary N) is 1. The molecule has 2 rings (SSSR count). The Morgan fingerprint density at radius 3 is 2.53 bits per heavy atom. The first-order valence-corrected chi connectivity index (χ1v) is 8.22. The predicted octanol–water partition coefficient (Wildman–Crippen LogP) is 2.18. The molecule has 0 radical (unpaired) electrons. The van der Waals surface area contributed by atoms with Crippen LogP contribution in [-0.4, -0.2) is 62.7 Å². The number of likely N-dealkylation sites (N-methyl/N-ethyl adjacent to an activating group) is 1. The molecule has 0 aromatic carbocycles. The molecule has 112 valence electrons. The van der Waals surface area contributed by atoms with Crippen molar-refractivity contribution in [2.24, 2.45) is 5.41 Å². The Kier molecular flexibility index (Phi) is 5.67. The first-order chi connectivity index (χ1) is 9.15. The zero-order valence-electron chi connectivity index (χ0n) is 13.2. The molecule has 1 unspecified atom stereocenters. The summed E-state index contributed by atoms with van der Waals surface area (Å²) in [6, 6.07) is 0.711. The average molecular weight is 267 g/mol. The van der Waals surface area contributed by atoms with Crippen LogP contribution in [0.4, 0.5) is 0 Å². The van der Waals surface area contributed by atoms with Crippen molar-refractivity contribution in [2.45, 2.75) is 51.5 Å². The minimum Gasteiger partial charge on any atom is -0.319 e. The highest BCUT2D eigenvalue weighted by Gasteiger charge is 2.35. The third kappa shape index (κ3) is 4.17. The number of hydrogen-bond donors (Lipinski definition) is 1. The van der Waals surface area contributed by atoms with Gasteiger partial charge in [-0.3, -0.25) is 4.90 Å². The highest BCUT2D eigenvalue weighted by Crippen LogP contribution is 2.37. The van der Waals surface area contributed by atoms with Gasteiger partial charge in [0.2, 0.25) is 0 Å². The molecule has 19 heavy (non-hydrogen) atoms. The van der Waals surface area contributed by atoms with Crippen molar-refractivity contribution in [2.75, 3.05) is 46.8 Å². The summed E-state index contributed by atoms with van der Waals surface area (Å²) in [7, 11) is 4.39. The second kappa shape index (κ2) is 7.05. The molecule has 0 amide bonds. The summed E-state index contributed by atoms with van der Waals surface area (Å²) in [6.45, 7) is 8.71. The molecule has 0 bridgehead atoms. The summed E-state index contributed by atoms with van der Waals surface area (Å²) in [6.07, 6.45) is 8.49. The second-order valence-corrected chi connectivity index (χ2v) is 7.03. The fourth-order valence-corrected chi connectivity index (χ4v) is 4.16. The molecule has 0 spiro atoms. The van der Waals surface area contributed by atoms with E-state index in [1.807, 2.05) is 0 Å². The standard InChI is InChI=1S/C16H33N3/c1-15-12-18(3)10-7-11-19(15)14-16(13-17-2)8-5-4-6-9-16/h15,17H,4-14H2,1-3H3. The van der Waals surface area contributed by atoms with Gasteiger partial charge in [0.15, 0.2) is 0 Å². The van der Waals surface area contributed by atoms with E-state index in [-0.39, 0.29) is 0 Å². The molecule has 1 saturated heterocycles. The van der Waals surface area contributed by atoms with Gasteiger partial charge >= 0.3 is 0 Å². The van der Waals surface area contributed by atoms with Crippen LogP contribution in [0.1, 0.15) is 45.4 Å². The summed E-state index contributed by atoms with van der Waals surface area (Å²) in [5, 5.41) is 3.47. The Hall–Kier alpha value is -0.120. The van der Waals surface area contributed by atoms with Crippen LogP contribution < -0.4 is 5.32 Å². The molecule has 1 aliphatic carbocycles. The molecule has 3 nitrogen and oxygen atoms in total. The van der Waals surface area contributed by atoms with Crippen LogP contribution in [0.15, 0.2) is 0 Å². The van der Waals surface area contributed by atoms with Gasteiger partial charge in [0, 0.05) is 25.7 Å². The third-order valence-corrected chi connectivity index (χ3v) is 5.19. The lowest BCUT2D eigenvalue weighted by Crippen LogP contribution is -2.48. The van der Waals surface area contributed by atoms with Crippen LogP contribution in [0.25, 0.3) is 0 Å². The van der Waals surface area contributed by atoms with E-state index in [0.29, 0.717) is 11.5 Å². The normalized spacial score (nSPS) is 30.2. The van der Waals surface area contributed by atoms with E-state index in [1.165, 1.54) is 71.2 Å². The molecule has 1 aliphatic heterocycles. The van der Waals surface area contributed by atoms with Crippen molar-refractivity contribution in [3.8, 4) is 0 Å². The summed E-state index contributed by atoms with van der Waals surface area (Å²) in [5.41, 5.74) is 0.546. The molecule has 1 N–H and O–H groups in total. The number of hydrogen-bond acceptors (Lipinski definition) is 3. The van der Waals surface area contributed by atoms with Crippen molar-refractivity contribution < 1.29 is 0 Å². The average Bonchev–Trinajstić information content (AvgIpc) is 2.53. The zero-order valence-corrected chi connectivity index (χ0v) is 13.2. The van der Waals surface area contributed by atoms with E-state index >= 15 is 0 Å². The smallest absolute Gasteiger partial charge is 0.0195 e. The van der Waals surface area contributed by atoms with Crippen LogP contribution in [0.2, 0.25) is 0 Å². The van der Waals surface area contributed by atoms with Gasteiger partial charge in [-0.05, 0) is 58.8 Å². The maximum absolute atomic E-state index is 3.47. The highest BCUT2D eigenvalue weighted by molar-refractivity contribution is 4.89. The molecule has 0 aromatic heterocycles. The first kappa shape index (κ1) is 15.3. The number of rotatable bonds is 4. The van der Waals surface area contributed by atoms with Gasteiger partial charge in [-0.25, -0.2) is 0 Å². The lowest BCUT2D eigenvalue weighted by molar-refractivity contribution is 0.0816. The Morgan fingerprint density at radius 2 is 1.84 bits per heavy atom.